The van der Waals surface area contributed by atoms with Gasteiger partial charge in [-0.3, -0.25) is 4.79 Å². The van der Waals surface area contributed by atoms with Gasteiger partial charge < -0.3 is 16.0 Å². The van der Waals surface area contributed by atoms with E-state index in [-0.39, 0.29) is 11.9 Å². The first kappa shape index (κ1) is 13.5. The fourth-order valence-electron chi connectivity index (χ4n) is 2.65. The van der Waals surface area contributed by atoms with E-state index in [1.807, 2.05) is 18.2 Å². The van der Waals surface area contributed by atoms with E-state index < -0.39 is 0 Å². The van der Waals surface area contributed by atoms with Crippen molar-refractivity contribution in [3.63, 3.8) is 0 Å². The predicted octanol–water partition coefficient (Wildman–Crippen LogP) is 2.28. The van der Waals surface area contributed by atoms with Crippen LogP contribution in [0.5, 0.6) is 0 Å². The number of nitrogens with two attached hydrogens (primary N) is 1. The van der Waals surface area contributed by atoms with Gasteiger partial charge in [-0.15, -0.1) is 0 Å². The SMILES string of the molecule is Nc1ccc(C(=O)NC2CCN(c3ccccc3)C2)cc1. The molecule has 4 nitrogen and oxygen atoms in total. The van der Waals surface area contributed by atoms with Gasteiger partial charge in [0, 0.05) is 36.1 Å². The highest BCUT2D eigenvalue weighted by Crippen LogP contribution is 2.20. The van der Waals surface area contributed by atoms with Gasteiger partial charge in [0.15, 0.2) is 0 Å². The molecule has 1 aliphatic rings. The van der Waals surface area contributed by atoms with Gasteiger partial charge >= 0.3 is 0 Å². The Morgan fingerprint density at radius 1 is 1.10 bits per heavy atom. The highest BCUT2D eigenvalue weighted by Gasteiger charge is 2.24. The van der Waals surface area contributed by atoms with Crippen LogP contribution in [0.4, 0.5) is 11.4 Å². The fraction of sp³-hybridized carbons (Fsp3) is 0.235. The molecule has 0 aliphatic carbocycles. The minimum atomic E-state index is -0.0325. The van der Waals surface area contributed by atoms with E-state index in [1.165, 1.54) is 5.69 Å². The second-order valence-electron chi connectivity index (χ2n) is 5.36. The van der Waals surface area contributed by atoms with Crippen LogP contribution in [0.2, 0.25) is 0 Å². The van der Waals surface area contributed by atoms with E-state index in [1.54, 1.807) is 24.3 Å². The highest BCUT2D eigenvalue weighted by atomic mass is 16.1. The number of nitrogens with one attached hydrogen (secondary N) is 1. The third-order valence-electron chi connectivity index (χ3n) is 3.82. The molecule has 21 heavy (non-hydrogen) atoms. The third kappa shape index (κ3) is 3.16. The van der Waals surface area contributed by atoms with Gasteiger partial charge in [-0.2, -0.15) is 0 Å². The average molecular weight is 281 g/mol. The van der Waals surface area contributed by atoms with E-state index in [2.05, 4.69) is 22.3 Å². The smallest absolute Gasteiger partial charge is 0.251 e. The number of para-hydroxylation sites is 1. The molecule has 1 fully saturated rings. The van der Waals surface area contributed by atoms with Gasteiger partial charge in [0.1, 0.15) is 0 Å². The number of carbonyl (C=O) groups is 1. The van der Waals surface area contributed by atoms with Crippen molar-refractivity contribution in [3.8, 4) is 0 Å². The van der Waals surface area contributed by atoms with Crippen molar-refractivity contribution in [3.05, 3.63) is 60.2 Å². The minimum absolute atomic E-state index is 0.0325. The van der Waals surface area contributed by atoms with Crippen molar-refractivity contribution in [2.75, 3.05) is 23.7 Å². The Morgan fingerprint density at radius 3 is 2.52 bits per heavy atom. The van der Waals surface area contributed by atoms with E-state index in [9.17, 15) is 4.79 Å². The first-order valence-electron chi connectivity index (χ1n) is 7.19. The number of nitrogen functional groups attached to an aromatic ring is 1. The number of amides is 1. The molecule has 0 aromatic heterocycles. The fourth-order valence-corrected chi connectivity index (χ4v) is 2.65. The number of hydrogen-bond donors (Lipinski definition) is 2. The zero-order valence-corrected chi connectivity index (χ0v) is 11.8. The molecule has 1 heterocycles. The Bertz CT molecular complexity index is 610. The third-order valence-corrected chi connectivity index (χ3v) is 3.82. The summed E-state index contributed by atoms with van der Waals surface area (Å²) in [5.41, 5.74) is 8.17. The van der Waals surface area contributed by atoms with Crippen molar-refractivity contribution >= 4 is 17.3 Å². The van der Waals surface area contributed by atoms with Crippen LogP contribution in [0.3, 0.4) is 0 Å². The molecule has 3 rings (SSSR count). The number of carbonyl (C=O) groups excluding carboxylic acids is 1. The molecular weight excluding hydrogens is 262 g/mol. The largest absolute Gasteiger partial charge is 0.399 e. The maximum atomic E-state index is 12.2. The van der Waals surface area contributed by atoms with Crippen molar-refractivity contribution in [1.82, 2.24) is 5.32 Å². The Kier molecular flexibility index (Phi) is 3.77. The Balaban J connectivity index is 1.60. The molecule has 2 aromatic carbocycles. The zero-order chi connectivity index (χ0) is 14.7. The van der Waals surface area contributed by atoms with E-state index >= 15 is 0 Å². The maximum Gasteiger partial charge on any atom is 0.251 e. The molecule has 3 N–H and O–H groups in total. The summed E-state index contributed by atoms with van der Waals surface area (Å²) >= 11 is 0. The lowest BCUT2D eigenvalue weighted by Crippen LogP contribution is -2.37. The second kappa shape index (κ2) is 5.87. The van der Waals surface area contributed by atoms with Crippen molar-refractivity contribution < 1.29 is 4.79 Å². The van der Waals surface area contributed by atoms with Crippen molar-refractivity contribution in [2.24, 2.45) is 0 Å². The maximum absolute atomic E-state index is 12.2. The summed E-state index contributed by atoms with van der Waals surface area (Å²) in [6, 6.07) is 17.5. The van der Waals surface area contributed by atoms with Crippen LogP contribution in [-0.4, -0.2) is 25.0 Å². The summed E-state index contributed by atoms with van der Waals surface area (Å²) in [6.07, 6.45) is 0.968. The lowest BCUT2D eigenvalue weighted by molar-refractivity contribution is 0.0940. The van der Waals surface area contributed by atoms with Crippen LogP contribution in [0.1, 0.15) is 16.8 Å². The molecule has 1 amide bonds. The second-order valence-corrected chi connectivity index (χ2v) is 5.36. The van der Waals surface area contributed by atoms with Crippen LogP contribution in [-0.2, 0) is 0 Å². The molecule has 1 unspecified atom stereocenters. The lowest BCUT2D eigenvalue weighted by Gasteiger charge is -2.19. The molecular formula is C17H19N3O. The van der Waals surface area contributed by atoms with Crippen LogP contribution in [0.25, 0.3) is 0 Å². The van der Waals surface area contributed by atoms with E-state index in [0.717, 1.165) is 19.5 Å². The number of nitrogens with zero attached hydrogens (tertiary/aromatic N) is 1. The molecule has 1 saturated heterocycles. The molecule has 108 valence electrons. The molecule has 1 atom stereocenters. The van der Waals surface area contributed by atoms with Gasteiger partial charge in [-0.1, -0.05) is 18.2 Å². The molecule has 0 radical (unpaired) electrons. The van der Waals surface area contributed by atoms with Crippen molar-refractivity contribution in [2.45, 2.75) is 12.5 Å². The number of anilines is 2. The monoisotopic (exact) mass is 281 g/mol. The summed E-state index contributed by atoms with van der Waals surface area (Å²) in [5, 5.41) is 3.09. The van der Waals surface area contributed by atoms with Gasteiger partial charge in [0.25, 0.3) is 5.91 Å². The lowest BCUT2D eigenvalue weighted by atomic mass is 10.1. The summed E-state index contributed by atoms with van der Waals surface area (Å²) in [6.45, 7) is 1.82. The van der Waals surface area contributed by atoms with Crippen LogP contribution >= 0.6 is 0 Å². The summed E-state index contributed by atoms with van der Waals surface area (Å²) in [5.74, 6) is -0.0325. The Morgan fingerprint density at radius 2 is 1.81 bits per heavy atom. The van der Waals surface area contributed by atoms with Gasteiger partial charge in [0.05, 0.1) is 0 Å². The quantitative estimate of drug-likeness (QED) is 0.849. The van der Waals surface area contributed by atoms with E-state index in [0.29, 0.717) is 11.3 Å². The van der Waals surface area contributed by atoms with E-state index in [4.69, 9.17) is 5.73 Å². The number of rotatable bonds is 3. The van der Waals surface area contributed by atoms with Gasteiger partial charge in [0.2, 0.25) is 0 Å². The first-order valence-corrected chi connectivity index (χ1v) is 7.19. The zero-order valence-electron chi connectivity index (χ0n) is 11.8. The van der Waals surface area contributed by atoms with Crippen LogP contribution < -0.4 is 16.0 Å². The molecule has 0 saturated carbocycles. The summed E-state index contributed by atoms with van der Waals surface area (Å²) < 4.78 is 0. The van der Waals surface area contributed by atoms with Gasteiger partial charge in [-0.25, -0.2) is 0 Å². The standard InChI is InChI=1S/C17H19N3O/c18-14-8-6-13(7-9-14)17(21)19-15-10-11-20(12-15)16-4-2-1-3-5-16/h1-9,15H,10-12,18H2,(H,19,21). The summed E-state index contributed by atoms with van der Waals surface area (Å²) in [7, 11) is 0. The first-order chi connectivity index (χ1) is 10.2. The molecule has 4 heteroatoms. The highest BCUT2D eigenvalue weighted by molar-refractivity contribution is 5.94. The predicted molar refractivity (Wildman–Crippen MR) is 85.4 cm³/mol. The summed E-state index contributed by atoms with van der Waals surface area (Å²) in [4.78, 5) is 14.5. The minimum Gasteiger partial charge on any atom is -0.399 e. The van der Waals surface area contributed by atoms with Crippen LogP contribution in [0, 0.1) is 0 Å². The molecule has 1 aliphatic heterocycles. The number of hydrogen-bond acceptors (Lipinski definition) is 3. The molecule has 2 aromatic rings. The number of benzene rings is 2. The average Bonchev–Trinajstić information content (AvgIpc) is 2.97. The van der Waals surface area contributed by atoms with Crippen molar-refractivity contribution in [1.29, 1.82) is 0 Å². The topological polar surface area (TPSA) is 58.4 Å². The Hall–Kier alpha value is -2.49. The molecule has 0 spiro atoms. The molecule has 0 bridgehead atoms. The van der Waals surface area contributed by atoms with Crippen LogP contribution in [0.15, 0.2) is 54.6 Å². The Labute approximate surface area is 124 Å². The normalized spacial score (nSPS) is 17.7. The van der Waals surface area contributed by atoms with Gasteiger partial charge in [-0.05, 0) is 42.8 Å².